The Bertz CT molecular complexity index is 637. The maximum absolute atomic E-state index is 9.83. The van der Waals surface area contributed by atoms with Crippen molar-refractivity contribution in [2.75, 3.05) is 18.9 Å². The van der Waals surface area contributed by atoms with Gasteiger partial charge in [0.2, 0.25) is 0 Å². The predicted octanol–water partition coefficient (Wildman–Crippen LogP) is 1.96. The number of nitriles is 1. The first-order chi connectivity index (χ1) is 10.2. The van der Waals surface area contributed by atoms with Crippen LogP contribution in [0.15, 0.2) is 48.5 Å². The number of hydrogen-bond donors (Lipinski definition) is 2. The van der Waals surface area contributed by atoms with Gasteiger partial charge in [0.1, 0.15) is 30.8 Å². The summed E-state index contributed by atoms with van der Waals surface area (Å²) in [6.45, 7) is 0.147. The lowest BCUT2D eigenvalue weighted by molar-refractivity contribution is 0.0629. The van der Waals surface area contributed by atoms with Gasteiger partial charge in [-0.25, -0.2) is 0 Å². The number of rotatable bonds is 6. The number of benzene rings is 2. The Morgan fingerprint density at radius 2 is 1.86 bits per heavy atom. The van der Waals surface area contributed by atoms with E-state index < -0.39 is 6.10 Å². The van der Waals surface area contributed by atoms with Crippen molar-refractivity contribution in [3.05, 3.63) is 54.1 Å². The van der Waals surface area contributed by atoms with Crippen molar-refractivity contribution in [2.45, 2.75) is 6.10 Å². The molecule has 2 aromatic carbocycles. The minimum Gasteiger partial charge on any atom is -0.491 e. The Labute approximate surface area is 123 Å². The van der Waals surface area contributed by atoms with Crippen LogP contribution in [0.4, 0.5) is 5.69 Å². The number of nitrogens with zero attached hydrogens (tertiary/aromatic N) is 1. The maximum Gasteiger partial charge on any atom is 0.142 e. The van der Waals surface area contributed by atoms with E-state index in [0.717, 1.165) is 0 Å². The Balaban J connectivity index is 1.81. The molecule has 5 heteroatoms. The highest BCUT2D eigenvalue weighted by Crippen LogP contribution is 2.20. The summed E-state index contributed by atoms with van der Waals surface area (Å²) in [5.74, 6) is 1.07. The topological polar surface area (TPSA) is 88.5 Å². The highest BCUT2D eigenvalue weighted by Gasteiger charge is 2.08. The zero-order valence-corrected chi connectivity index (χ0v) is 11.4. The molecule has 2 rings (SSSR count). The Morgan fingerprint density at radius 1 is 1.10 bits per heavy atom. The lowest BCUT2D eigenvalue weighted by Gasteiger charge is -2.14. The van der Waals surface area contributed by atoms with Crippen LogP contribution in [0.1, 0.15) is 5.56 Å². The summed E-state index contributed by atoms with van der Waals surface area (Å²) in [6.07, 6.45) is -0.796. The Kier molecular flexibility index (Phi) is 5.02. The van der Waals surface area contributed by atoms with Crippen molar-refractivity contribution >= 4 is 5.69 Å². The summed E-state index contributed by atoms with van der Waals surface area (Å²) in [5, 5.41) is 18.6. The van der Waals surface area contributed by atoms with Crippen LogP contribution in [-0.4, -0.2) is 24.4 Å². The molecule has 2 aromatic rings. The predicted molar refractivity (Wildman–Crippen MR) is 79.0 cm³/mol. The number of nitrogen functional groups attached to an aromatic ring is 1. The van der Waals surface area contributed by atoms with Crippen molar-refractivity contribution in [1.82, 2.24) is 0 Å². The first kappa shape index (κ1) is 14.7. The molecule has 0 aliphatic carbocycles. The van der Waals surface area contributed by atoms with E-state index >= 15 is 0 Å². The molecule has 0 bridgehead atoms. The molecule has 5 nitrogen and oxygen atoms in total. The standard InChI is InChI=1S/C16H16N2O3/c17-9-12-4-3-5-14(8-12)20-10-13(19)11-21-16-7-2-1-6-15(16)18/h1-8,13,19H,10-11,18H2. The van der Waals surface area contributed by atoms with E-state index in [4.69, 9.17) is 20.5 Å². The lowest BCUT2D eigenvalue weighted by atomic mass is 10.2. The van der Waals surface area contributed by atoms with Gasteiger partial charge in [0.15, 0.2) is 0 Å². The van der Waals surface area contributed by atoms with Crippen molar-refractivity contribution < 1.29 is 14.6 Å². The summed E-state index contributed by atoms with van der Waals surface area (Å²) >= 11 is 0. The molecule has 0 amide bonds. The lowest BCUT2D eigenvalue weighted by Crippen LogP contribution is -2.25. The molecule has 0 heterocycles. The number of aliphatic hydroxyl groups is 1. The second-order valence-corrected chi connectivity index (χ2v) is 4.45. The minimum absolute atomic E-state index is 0.0711. The van der Waals surface area contributed by atoms with E-state index in [2.05, 4.69) is 0 Å². The highest BCUT2D eigenvalue weighted by atomic mass is 16.5. The second-order valence-electron chi connectivity index (χ2n) is 4.45. The SMILES string of the molecule is N#Cc1cccc(OCC(O)COc2ccccc2N)c1. The number of nitrogens with two attached hydrogens (primary N) is 1. The van der Waals surface area contributed by atoms with Gasteiger partial charge in [0, 0.05) is 0 Å². The van der Waals surface area contributed by atoms with Gasteiger partial charge >= 0.3 is 0 Å². The first-order valence-corrected chi connectivity index (χ1v) is 6.47. The zero-order chi connectivity index (χ0) is 15.1. The van der Waals surface area contributed by atoms with E-state index in [-0.39, 0.29) is 13.2 Å². The minimum atomic E-state index is -0.796. The fraction of sp³-hybridized carbons (Fsp3) is 0.188. The number of para-hydroxylation sites is 2. The van der Waals surface area contributed by atoms with Crippen molar-refractivity contribution in [1.29, 1.82) is 5.26 Å². The van der Waals surface area contributed by atoms with Gasteiger partial charge in [0.25, 0.3) is 0 Å². The quantitative estimate of drug-likeness (QED) is 0.792. The van der Waals surface area contributed by atoms with Crippen LogP contribution in [0.2, 0.25) is 0 Å². The largest absolute Gasteiger partial charge is 0.491 e. The fourth-order valence-electron chi connectivity index (χ4n) is 1.69. The number of aliphatic hydroxyl groups excluding tert-OH is 1. The van der Waals surface area contributed by atoms with Crippen LogP contribution >= 0.6 is 0 Å². The van der Waals surface area contributed by atoms with Gasteiger partial charge in [-0.15, -0.1) is 0 Å². The van der Waals surface area contributed by atoms with E-state index in [1.807, 2.05) is 18.2 Å². The maximum atomic E-state index is 9.83. The third kappa shape index (κ3) is 4.41. The van der Waals surface area contributed by atoms with Crippen LogP contribution in [0.3, 0.4) is 0 Å². The molecule has 0 aromatic heterocycles. The van der Waals surface area contributed by atoms with Gasteiger partial charge in [-0.05, 0) is 30.3 Å². The Morgan fingerprint density at radius 3 is 2.62 bits per heavy atom. The van der Waals surface area contributed by atoms with Crippen molar-refractivity contribution in [3.63, 3.8) is 0 Å². The number of anilines is 1. The van der Waals surface area contributed by atoms with E-state index in [1.165, 1.54) is 0 Å². The molecular weight excluding hydrogens is 268 g/mol. The molecule has 0 fully saturated rings. The number of ether oxygens (including phenoxy) is 2. The summed E-state index contributed by atoms with van der Waals surface area (Å²) in [6, 6.07) is 15.9. The van der Waals surface area contributed by atoms with Gasteiger partial charge < -0.3 is 20.3 Å². The molecule has 0 radical (unpaired) electrons. The van der Waals surface area contributed by atoms with Crippen LogP contribution in [-0.2, 0) is 0 Å². The third-order valence-corrected chi connectivity index (χ3v) is 2.76. The van der Waals surface area contributed by atoms with Crippen LogP contribution in [0, 0.1) is 11.3 Å². The van der Waals surface area contributed by atoms with E-state index in [1.54, 1.807) is 36.4 Å². The van der Waals surface area contributed by atoms with Gasteiger partial charge in [0.05, 0.1) is 17.3 Å². The summed E-state index contributed by atoms with van der Waals surface area (Å²) < 4.78 is 10.8. The zero-order valence-electron chi connectivity index (χ0n) is 11.4. The molecule has 0 aliphatic rings. The van der Waals surface area contributed by atoms with Gasteiger partial charge in [-0.2, -0.15) is 5.26 Å². The highest BCUT2D eigenvalue weighted by molar-refractivity contribution is 5.51. The fourth-order valence-corrected chi connectivity index (χ4v) is 1.69. The molecule has 0 spiro atoms. The summed E-state index contributed by atoms with van der Waals surface area (Å²) in [5.41, 5.74) is 6.77. The van der Waals surface area contributed by atoms with Gasteiger partial charge in [-0.1, -0.05) is 18.2 Å². The van der Waals surface area contributed by atoms with Crippen LogP contribution < -0.4 is 15.2 Å². The summed E-state index contributed by atoms with van der Waals surface area (Å²) in [7, 11) is 0. The third-order valence-electron chi connectivity index (χ3n) is 2.76. The van der Waals surface area contributed by atoms with Crippen LogP contribution in [0.25, 0.3) is 0 Å². The molecule has 0 saturated carbocycles. The van der Waals surface area contributed by atoms with E-state index in [9.17, 15) is 5.11 Å². The molecule has 0 aliphatic heterocycles. The Hall–Kier alpha value is -2.71. The molecule has 21 heavy (non-hydrogen) atoms. The number of hydrogen-bond acceptors (Lipinski definition) is 5. The average Bonchev–Trinajstić information content (AvgIpc) is 2.52. The van der Waals surface area contributed by atoms with Crippen molar-refractivity contribution in [2.24, 2.45) is 0 Å². The molecule has 3 N–H and O–H groups in total. The first-order valence-electron chi connectivity index (χ1n) is 6.47. The molecular formula is C16H16N2O3. The van der Waals surface area contributed by atoms with E-state index in [0.29, 0.717) is 22.7 Å². The molecule has 0 saturated heterocycles. The smallest absolute Gasteiger partial charge is 0.142 e. The van der Waals surface area contributed by atoms with Crippen molar-refractivity contribution in [3.8, 4) is 17.6 Å². The van der Waals surface area contributed by atoms with Crippen LogP contribution in [0.5, 0.6) is 11.5 Å². The normalized spacial score (nSPS) is 11.4. The summed E-state index contributed by atoms with van der Waals surface area (Å²) in [4.78, 5) is 0. The second kappa shape index (κ2) is 7.17. The molecule has 1 unspecified atom stereocenters. The molecule has 108 valence electrons. The molecule has 1 atom stereocenters. The average molecular weight is 284 g/mol. The monoisotopic (exact) mass is 284 g/mol. The van der Waals surface area contributed by atoms with Gasteiger partial charge in [-0.3, -0.25) is 0 Å².